The topological polar surface area (TPSA) is 168 Å². The van der Waals surface area contributed by atoms with Crippen molar-refractivity contribution in [3.8, 4) is 22.5 Å². The van der Waals surface area contributed by atoms with Crippen LogP contribution in [0.5, 0.6) is 0 Å². The quantitative estimate of drug-likeness (QED) is 0.118. The molecule has 38 heavy (non-hydrogen) atoms. The molecule has 0 bridgehead atoms. The molecule has 11 nitrogen and oxygen atoms in total. The van der Waals surface area contributed by atoms with Crippen molar-refractivity contribution in [1.82, 2.24) is 9.97 Å². The van der Waals surface area contributed by atoms with Gasteiger partial charge in [0, 0.05) is 35.4 Å². The van der Waals surface area contributed by atoms with Crippen LogP contribution < -0.4 is 5.73 Å². The van der Waals surface area contributed by atoms with Gasteiger partial charge in [0.25, 0.3) is 0 Å². The number of hydrogen-bond acceptors (Lipinski definition) is 9. The number of aliphatic imine (C=N–C) groups is 1. The molecule has 2 heterocycles. The summed E-state index contributed by atoms with van der Waals surface area (Å²) in [6.07, 6.45) is 1.14. The lowest BCUT2D eigenvalue weighted by Crippen LogP contribution is -2.00. The lowest BCUT2D eigenvalue weighted by atomic mass is 10.1. The maximum absolute atomic E-state index is 13.6. The molecule has 0 fully saturated rings. The van der Waals surface area contributed by atoms with Gasteiger partial charge in [-0.15, -0.1) is 4.99 Å². The predicted octanol–water partition coefficient (Wildman–Crippen LogP) is 5.42. The molecule has 0 spiro atoms. The van der Waals surface area contributed by atoms with Gasteiger partial charge in [0.15, 0.2) is 0 Å². The minimum Gasteiger partial charge on any atom is -0.378 e. The minimum atomic E-state index is -0.882. The number of nitrogens with zero attached hydrogens (tertiary/aromatic N) is 5. The Morgan fingerprint density at radius 1 is 0.737 bits per heavy atom. The van der Waals surface area contributed by atoms with Crippen LogP contribution in [0.25, 0.3) is 22.5 Å². The Hall–Kier alpha value is -5.56. The molecule has 0 saturated heterocycles. The lowest BCUT2D eigenvalue weighted by molar-refractivity contribution is -0.384. The summed E-state index contributed by atoms with van der Waals surface area (Å²) in [7, 11) is 0. The Morgan fingerprint density at radius 3 is 1.63 bits per heavy atom. The number of nitro groups is 2. The van der Waals surface area contributed by atoms with Crippen LogP contribution in [0, 0.1) is 43.5 Å². The molecule has 0 aliphatic heterocycles. The third-order valence-corrected chi connectivity index (χ3v) is 4.72. The first-order valence-corrected chi connectivity index (χ1v) is 10.1. The summed E-state index contributed by atoms with van der Waals surface area (Å²) in [6.45, 7) is 0. The summed E-state index contributed by atoms with van der Waals surface area (Å²) in [5.41, 5.74) is 4.57. The van der Waals surface area contributed by atoms with E-state index in [1.165, 1.54) is 18.2 Å². The average Bonchev–Trinajstić information content (AvgIpc) is 2.84. The maximum Gasteiger partial charge on any atom is 0.314 e. The van der Waals surface area contributed by atoms with Gasteiger partial charge in [-0.3, -0.25) is 20.2 Å². The van der Waals surface area contributed by atoms with E-state index < -0.39 is 44.6 Å². The van der Waals surface area contributed by atoms with Crippen LogP contribution in [0.4, 0.5) is 40.6 Å². The second-order valence-electron chi connectivity index (χ2n) is 7.11. The molecular formula is C23H12F4N6O5. The summed E-state index contributed by atoms with van der Waals surface area (Å²) < 4.78 is 52.6. The zero-order valence-corrected chi connectivity index (χ0v) is 18.6. The smallest absolute Gasteiger partial charge is 0.314 e. The number of anilines is 1. The molecule has 2 aromatic heterocycles. The fourth-order valence-electron chi connectivity index (χ4n) is 3.03. The van der Waals surface area contributed by atoms with Crippen molar-refractivity contribution in [2.24, 2.45) is 4.99 Å². The first-order valence-electron chi connectivity index (χ1n) is 10.1. The number of nitrogen functional groups attached to an aromatic ring is 1. The fraction of sp³-hybridized carbons (Fsp3) is 0. The van der Waals surface area contributed by atoms with Crippen molar-refractivity contribution in [1.29, 1.82) is 0 Å². The van der Waals surface area contributed by atoms with Crippen LogP contribution in [0.15, 0.2) is 65.7 Å². The van der Waals surface area contributed by atoms with E-state index >= 15 is 0 Å². The largest absolute Gasteiger partial charge is 0.378 e. The van der Waals surface area contributed by atoms with E-state index in [9.17, 15) is 42.6 Å². The molecule has 0 aliphatic rings. The SMILES string of the molecule is Nc1nc(-c2ccc(F)cc2F)ccc1[N+](=O)[O-].O=C=Nc1nc(-c2ccc(F)cc2F)ccc1[N+](=O)[O-]. The van der Waals surface area contributed by atoms with Gasteiger partial charge in [0.1, 0.15) is 23.3 Å². The van der Waals surface area contributed by atoms with Crippen molar-refractivity contribution in [3.05, 3.63) is 104 Å². The third-order valence-electron chi connectivity index (χ3n) is 4.72. The number of rotatable bonds is 5. The molecule has 4 aromatic rings. The van der Waals surface area contributed by atoms with E-state index in [2.05, 4.69) is 15.0 Å². The van der Waals surface area contributed by atoms with E-state index in [4.69, 9.17) is 5.73 Å². The van der Waals surface area contributed by atoms with Crippen molar-refractivity contribution in [3.63, 3.8) is 0 Å². The average molecular weight is 528 g/mol. The predicted molar refractivity (Wildman–Crippen MR) is 125 cm³/mol. The zero-order valence-electron chi connectivity index (χ0n) is 18.6. The third kappa shape index (κ3) is 6.16. The van der Waals surface area contributed by atoms with Gasteiger partial charge in [0.2, 0.25) is 17.7 Å². The molecular weight excluding hydrogens is 516 g/mol. The molecule has 0 amide bonds. The van der Waals surface area contributed by atoms with Gasteiger partial charge in [-0.05, 0) is 36.4 Å². The fourth-order valence-corrected chi connectivity index (χ4v) is 3.03. The van der Waals surface area contributed by atoms with Crippen LogP contribution in [0.2, 0.25) is 0 Å². The van der Waals surface area contributed by atoms with Gasteiger partial charge in [0.05, 0.1) is 21.2 Å². The van der Waals surface area contributed by atoms with Crippen LogP contribution >= 0.6 is 0 Å². The van der Waals surface area contributed by atoms with Crippen molar-refractivity contribution in [2.75, 3.05) is 5.73 Å². The lowest BCUT2D eigenvalue weighted by Gasteiger charge is -2.04. The van der Waals surface area contributed by atoms with E-state index in [-0.39, 0.29) is 34.0 Å². The molecule has 2 N–H and O–H groups in total. The van der Waals surface area contributed by atoms with E-state index in [0.717, 1.165) is 36.4 Å². The number of nitrogens with two attached hydrogens (primary N) is 1. The Labute approximate surface area is 209 Å². The summed E-state index contributed by atoms with van der Waals surface area (Å²) in [6, 6.07) is 10.4. The Kier molecular flexibility index (Phi) is 8.15. The first kappa shape index (κ1) is 27.0. The summed E-state index contributed by atoms with van der Waals surface area (Å²) in [5.74, 6) is -3.99. The summed E-state index contributed by atoms with van der Waals surface area (Å²) in [5, 5.41) is 21.3. The number of benzene rings is 2. The van der Waals surface area contributed by atoms with E-state index in [1.807, 2.05) is 0 Å². The second kappa shape index (κ2) is 11.5. The van der Waals surface area contributed by atoms with Crippen LogP contribution in [0.3, 0.4) is 0 Å². The van der Waals surface area contributed by atoms with E-state index in [1.54, 1.807) is 0 Å². The normalized spacial score (nSPS) is 10.1. The zero-order chi connectivity index (χ0) is 28.0. The van der Waals surface area contributed by atoms with Gasteiger partial charge < -0.3 is 5.73 Å². The molecule has 4 rings (SSSR count). The second-order valence-corrected chi connectivity index (χ2v) is 7.11. The van der Waals surface area contributed by atoms with Crippen LogP contribution in [0.1, 0.15) is 0 Å². The summed E-state index contributed by atoms with van der Waals surface area (Å²) in [4.78, 5) is 40.6. The maximum atomic E-state index is 13.6. The highest BCUT2D eigenvalue weighted by atomic mass is 19.1. The molecule has 0 aliphatic carbocycles. The molecule has 192 valence electrons. The van der Waals surface area contributed by atoms with Crippen molar-refractivity contribution in [2.45, 2.75) is 0 Å². The number of aromatic nitrogens is 2. The van der Waals surface area contributed by atoms with Gasteiger partial charge in [-0.1, -0.05) is 0 Å². The first-order chi connectivity index (χ1) is 18.0. The highest BCUT2D eigenvalue weighted by Gasteiger charge is 2.18. The van der Waals surface area contributed by atoms with Crippen LogP contribution in [-0.2, 0) is 4.79 Å². The summed E-state index contributed by atoms with van der Waals surface area (Å²) >= 11 is 0. The van der Waals surface area contributed by atoms with Crippen LogP contribution in [-0.4, -0.2) is 25.9 Å². The number of halogens is 4. The Balaban J connectivity index is 0.000000212. The number of carbonyl (C=O) groups excluding carboxylic acids is 1. The molecule has 0 saturated carbocycles. The highest BCUT2D eigenvalue weighted by molar-refractivity contribution is 5.67. The molecule has 0 unspecified atom stereocenters. The van der Waals surface area contributed by atoms with Crippen molar-refractivity contribution >= 4 is 29.1 Å². The minimum absolute atomic E-state index is 0.0119. The Morgan fingerprint density at radius 2 is 1.21 bits per heavy atom. The number of hydrogen-bond donors (Lipinski definition) is 1. The molecule has 2 aromatic carbocycles. The van der Waals surface area contributed by atoms with Gasteiger partial charge in [-0.25, -0.2) is 32.3 Å². The van der Waals surface area contributed by atoms with E-state index in [0.29, 0.717) is 12.1 Å². The monoisotopic (exact) mass is 528 g/mol. The molecule has 0 radical (unpaired) electrons. The molecule has 0 atom stereocenters. The standard InChI is InChI=1S/C12H5F2N3O3.C11H7F2N3O2/c13-7-1-2-8(9(14)5-7)10-3-4-11(17(19)20)12(16-10)15-6-18;12-6-1-2-7(8(13)5-6)9-3-4-10(16(17)18)11(14)15-9/h1-5H;1-5H,(H2,14,15). The van der Waals surface area contributed by atoms with Gasteiger partial charge >= 0.3 is 11.4 Å². The number of isocyanates is 1. The van der Waals surface area contributed by atoms with Crippen molar-refractivity contribution < 1.29 is 32.2 Å². The number of pyridine rings is 2. The highest BCUT2D eigenvalue weighted by Crippen LogP contribution is 2.30. The Bertz CT molecular complexity index is 1610. The molecule has 15 heteroatoms. The van der Waals surface area contributed by atoms with Gasteiger partial charge in [-0.2, -0.15) is 0 Å².